The Hall–Kier alpha value is -2.89. The Balaban J connectivity index is 1.87. The van der Waals surface area contributed by atoms with Gasteiger partial charge < -0.3 is 10.2 Å². The summed E-state index contributed by atoms with van der Waals surface area (Å²) in [6.45, 7) is 0. The normalized spacial score (nSPS) is 36.3. The molecule has 8 nitrogen and oxygen atoms in total. The Morgan fingerprint density at radius 1 is 1.17 bits per heavy atom. The van der Waals surface area contributed by atoms with Gasteiger partial charge in [-0.1, -0.05) is 12.1 Å². The summed E-state index contributed by atoms with van der Waals surface area (Å²) in [5.74, 6) is -8.23. The molecule has 0 aliphatic heterocycles. The Labute approximate surface area is 166 Å². The molecular formula is C21H20N2O6. The number of carbonyl (C=O) groups is 4. The smallest absolute Gasteiger partial charge is 0.197 e. The third kappa shape index (κ3) is 2.38. The number of phenols is 1. The zero-order chi connectivity index (χ0) is 21.2. The first-order valence-electron chi connectivity index (χ1n) is 9.40. The highest BCUT2D eigenvalue weighted by Crippen LogP contribution is 2.50. The maximum Gasteiger partial charge on any atom is 0.197 e. The summed E-state index contributed by atoms with van der Waals surface area (Å²) in [7, 11) is 3.17. The fraction of sp³-hybridized carbons (Fsp3) is 0.476. The second kappa shape index (κ2) is 6.31. The molecule has 3 aliphatic rings. The van der Waals surface area contributed by atoms with E-state index in [1.807, 2.05) is 0 Å². The molecule has 6 atom stereocenters. The molecule has 0 radical (unpaired) electrons. The van der Waals surface area contributed by atoms with Crippen LogP contribution >= 0.6 is 0 Å². The number of ketones is 4. The highest BCUT2D eigenvalue weighted by molar-refractivity contribution is 6.27. The topological polar surface area (TPSA) is 136 Å². The highest BCUT2D eigenvalue weighted by atomic mass is 16.3. The van der Waals surface area contributed by atoms with Crippen molar-refractivity contribution in [1.82, 2.24) is 4.90 Å². The van der Waals surface area contributed by atoms with Crippen molar-refractivity contribution in [1.29, 1.82) is 5.26 Å². The summed E-state index contributed by atoms with van der Waals surface area (Å²) in [5, 5.41) is 30.8. The van der Waals surface area contributed by atoms with Crippen molar-refractivity contribution in [2.75, 3.05) is 14.1 Å². The molecule has 2 N–H and O–H groups in total. The van der Waals surface area contributed by atoms with Crippen LogP contribution in [0.15, 0.2) is 18.2 Å². The van der Waals surface area contributed by atoms with E-state index in [9.17, 15) is 34.7 Å². The number of benzene rings is 1. The lowest BCUT2D eigenvalue weighted by molar-refractivity contribution is -0.179. The lowest BCUT2D eigenvalue weighted by Crippen LogP contribution is -2.72. The van der Waals surface area contributed by atoms with Crippen LogP contribution in [-0.4, -0.2) is 64.0 Å². The van der Waals surface area contributed by atoms with E-state index in [4.69, 9.17) is 0 Å². The van der Waals surface area contributed by atoms with Gasteiger partial charge in [0, 0.05) is 5.92 Å². The van der Waals surface area contributed by atoms with Gasteiger partial charge in [-0.25, -0.2) is 0 Å². The minimum Gasteiger partial charge on any atom is -0.507 e. The first-order chi connectivity index (χ1) is 13.6. The minimum atomic E-state index is -2.58. The molecule has 0 saturated heterocycles. The van der Waals surface area contributed by atoms with Gasteiger partial charge in [0.1, 0.15) is 5.75 Å². The third-order valence-corrected chi connectivity index (χ3v) is 6.64. The molecule has 0 spiro atoms. The van der Waals surface area contributed by atoms with Crippen LogP contribution in [0.3, 0.4) is 0 Å². The SMILES string of the molecule is CN(C)C1C(=O)C(C#N)C(=O)C2(O)C(=O)C3C(=O)c4c(O)cccc4CC3CC12. The molecule has 8 heteroatoms. The summed E-state index contributed by atoms with van der Waals surface area (Å²) < 4.78 is 0. The van der Waals surface area contributed by atoms with Gasteiger partial charge >= 0.3 is 0 Å². The van der Waals surface area contributed by atoms with E-state index in [1.54, 1.807) is 32.3 Å². The Bertz CT molecular complexity index is 1010. The lowest BCUT2D eigenvalue weighted by Gasteiger charge is -2.52. The average molecular weight is 396 g/mol. The van der Waals surface area contributed by atoms with Crippen molar-refractivity contribution in [2.45, 2.75) is 24.5 Å². The molecule has 0 bridgehead atoms. The first-order valence-corrected chi connectivity index (χ1v) is 9.40. The summed E-state index contributed by atoms with van der Waals surface area (Å²) in [6, 6.07) is 5.27. The maximum absolute atomic E-state index is 13.4. The first kappa shape index (κ1) is 19.4. The van der Waals surface area contributed by atoms with Crippen LogP contribution in [0.1, 0.15) is 22.3 Å². The van der Waals surface area contributed by atoms with Gasteiger partial charge in [-0.2, -0.15) is 5.26 Å². The summed E-state index contributed by atoms with van der Waals surface area (Å²) in [5.41, 5.74) is -1.95. The molecule has 3 aliphatic carbocycles. The number of nitriles is 1. The van der Waals surface area contributed by atoms with E-state index in [2.05, 4.69) is 0 Å². The summed E-state index contributed by atoms with van der Waals surface area (Å²) >= 11 is 0. The molecule has 29 heavy (non-hydrogen) atoms. The number of aromatic hydroxyl groups is 1. The van der Waals surface area contributed by atoms with E-state index in [1.165, 1.54) is 11.0 Å². The summed E-state index contributed by atoms with van der Waals surface area (Å²) in [4.78, 5) is 53.7. The predicted molar refractivity (Wildman–Crippen MR) is 97.8 cm³/mol. The van der Waals surface area contributed by atoms with Crippen LogP contribution < -0.4 is 0 Å². The van der Waals surface area contributed by atoms with E-state index in [0.29, 0.717) is 12.0 Å². The lowest BCUT2D eigenvalue weighted by atomic mass is 9.52. The Morgan fingerprint density at radius 2 is 1.86 bits per heavy atom. The van der Waals surface area contributed by atoms with Gasteiger partial charge in [-0.15, -0.1) is 0 Å². The van der Waals surface area contributed by atoms with Crippen LogP contribution in [-0.2, 0) is 20.8 Å². The zero-order valence-corrected chi connectivity index (χ0v) is 16.0. The molecule has 1 aromatic rings. The largest absolute Gasteiger partial charge is 0.507 e. The van der Waals surface area contributed by atoms with Crippen molar-refractivity contribution in [3.63, 3.8) is 0 Å². The number of carbonyl (C=O) groups excluding carboxylic acids is 4. The average Bonchev–Trinajstić information content (AvgIpc) is 2.65. The minimum absolute atomic E-state index is 0.0319. The number of fused-ring (bicyclic) bond motifs is 3. The Morgan fingerprint density at radius 3 is 2.48 bits per heavy atom. The van der Waals surface area contributed by atoms with Crippen molar-refractivity contribution < 1.29 is 29.4 Å². The molecule has 6 unspecified atom stereocenters. The van der Waals surface area contributed by atoms with Crippen LogP contribution in [0, 0.1) is 35.0 Å². The van der Waals surface area contributed by atoms with E-state index < -0.39 is 58.4 Å². The van der Waals surface area contributed by atoms with Crippen molar-refractivity contribution in [2.24, 2.45) is 23.7 Å². The third-order valence-electron chi connectivity index (χ3n) is 6.64. The van der Waals surface area contributed by atoms with Crippen LogP contribution in [0.2, 0.25) is 0 Å². The zero-order valence-electron chi connectivity index (χ0n) is 16.0. The molecule has 2 saturated carbocycles. The number of Topliss-reactive ketones (excluding diaryl/α,β-unsaturated/α-hetero) is 4. The van der Waals surface area contributed by atoms with Crippen LogP contribution in [0.4, 0.5) is 0 Å². The van der Waals surface area contributed by atoms with Gasteiger partial charge in [-0.3, -0.25) is 24.1 Å². The standard InChI is InChI=1S/C21H20N2O6/c1-23(2)16-12-7-10-6-9-4-3-5-13(24)14(9)18(26)15(10)20(28)21(12,29)19(27)11(8-22)17(16)25/h3-5,10-12,15-16,24,29H,6-7H2,1-2H3. The molecular weight excluding hydrogens is 376 g/mol. The number of nitrogens with zero attached hydrogens (tertiary/aromatic N) is 2. The Kier molecular flexibility index (Phi) is 4.22. The van der Waals surface area contributed by atoms with Gasteiger partial charge in [-0.05, 0) is 44.5 Å². The van der Waals surface area contributed by atoms with Crippen molar-refractivity contribution in [3.05, 3.63) is 29.3 Å². The molecule has 2 fully saturated rings. The van der Waals surface area contributed by atoms with Gasteiger partial charge in [0.2, 0.25) is 0 Å². The molecule has 1 aromatic carbocycles. The van der Waals surface area contributed by atoms with Crippen molar-refractivity contribution in [3.8, 4) is 11.8 Å². The fourth-order valence-electron chi connectivity index (χ4n) is 5.40. The fourth-order valence-corrected chi connectivity index (χ4v) is 5.40. The predicted octanol–water partition coefficient (Wildman–Crippen LogP) is -0.0947. The second-order valence-corrected chi connectivity index (χ2v) is 8.33. The van der Waals surface area contributed by atoms with Crippen LogP contribution in [0.5, 0.6) is 5.75 Å². The number of rotatable bonds is 1. The number of hydrogen-bond acceptors (Lipinski definition) is 8. The van der Waals surface area contributed by atoms with Gasteiger partial charge in [0.15, 0.2) is 34.7 Å². The molecule has 0 heterocycles. The second-order valence-electron chi connectivity index (χ2n) is 8.33. The monoisotopic (exact) mass is 396 g/mol. The van der Waals surface area contributed by atoms with Gasteiger partial charge in [0.25, 0.3) is 0 Å². The van der Waals surface area contributed by atoms with E-state index in [0.717, 1.165) is 0 Å². The molecule has 4 rings (SSSR count). The van der Waals surface area contributed by atoms with Crippen LogP contribution in [0.25, 0.3) is 0 Å². The highest BCUT2D eigenvalue weighted by Gasteiger charge is 2.68. The summed E-state index contributed by atoms with van der Waals surface area (Å²) in [6.07, 6.45) is 0.412. The van der Waals surface area contributed by atoms with E-state index in [-0.39, 0.29) is 17.7 Å². The van der Waals surface area contributed by atoms with Gasteiger partial charge in [0.05, 0.1) is 23.6 Å². The number of phenolic OH excluding ortho intramolecular Hbond substituents is 1. The van der Waals surface area contributed by atoms with Crippen molar-refractivity contribution >= 4 is 23.1 Å². The number of likely N-dealkylation sites (N-methyl/N-ethyl adjacent to an activating group) is 1. The number of aliphatic hydroxyl groups is 1. The number of hydrogen-bond donors (Lipinski definition) is 2. The van der Waals surface area contributed by atoms with E-state index >= 15 is 0 Å². The molecule has 150 valence electrons. The quantitative estimate of drug-likeness (QED) is 0.629. The molecule has 0 aromatic heterocycles. The maximum atomic E-state index is 13.4. The molecule has 0 amide bonds.